The molecule has 5 N–H and O–H groups in total. The second-order valence-electron chi connectivity index (χ2n) is 3.75. The van der Waals surface area contributed by atoms with Gasteiger partial charge in [0.2, 0.25) is 5.91 Å². The van der Waals surface area contributed by atoms with E-state index in [2.05, 4.69) is 15.3 Å². The second-order valence-corrected chi connectivity index (χ2v) is 4.13. The van der Waals surface area contributed by atoms with Crippen LogP contribution in [0, 0.1) is 0 Å². The highest BCUT2D eigenvalue weighted by Crippen LogP contribution is 2.22. The van der Waals surface area contributed by atoms with Crippen LogP contribution < -0.4 is 11.1 Å². The van der Waals surface area contributed by atoms with E-state index >= 15 is 0 Å². The Morgan fingerprint density at radius 3 is 2.89 bits per heavy atom. The van der Waals surface area contributed by atoms with Crippen LogP contribution in [0.25, 0.3) is 0 Å². The number of nitrogen functional groups attached to an aromatic ring is 1. The Labute approximate surface area is 109 Å². The molecule has 0 saturated heterocycles. The number of nitrogens with zero attached hydrogens (tertiary/aromatic N) is 2. The molecule has 0 spiro atoms. The zero-order valence-corrected chi connectivity index (χ0v) is 10.6. The standard InChI is InChI=1S/C10H15ClN4O3/c1-5(16)13-3-2-6(17)9(18)8-10(12)14-4-7(11)15-8/h4,6,9,17-18H,2-3H2,1H3,(H2,12,14)(H,13,16). The Morgan fingerprint density at radius 1 is 1.61 bits per heavy atom. The van der Waals surface area contributed by atoms with Gasteiger partial charge in [-0.05, 0) is 6.42 Å². The van der Waals surface area contributed by atoms with Gasteiger partial charge in [0.25, 0.3) is 0 Å². The van der Waals surface area contributed by atoms with Crippen LogP contribution in [0.5, 0.6) is 0 Å². The Kier molecular flexibility index (Phi) is 5.26. The van der Waals surface area contributed by atoms with E-state index in [0.717, 1.165) is 0 Å². The molecule has 0 aromatic carbocycles. The van der Waals surface area contributed by atoms with E-state index in [1.54, 1.807) is 0 Å². The second kappa shape index (κ2) is 6.48. The molecule has 0 aliphatic heterocycles. The van der Waals surface area contributed by atoms with Crippen LogP contribution in [-0.2, 0) is 4.79 Å². The summed E-state index contributed by atoms with van der Waals surface area (Å²) >= 11 is 5.63. The summed E-state index contributed by atoms with van der Waals surface area (Å²) in [4.78, 5) is 18.2. The summed E-state index contributed by atoms with van der Waals surface area (Å²) in [5, 5.41) is 22.2. The number of hydrogen-bond acceptors (Lipinski definition) is 6. The number of anilines is 1. The van der Waals surface area contributed by atoms with Gasteiger partial charge in [0, 0.05) is 13.5 Å². The number of nitrogens with two attached hydrogens (primary N) is 1. The lowest BCUT2D eigenvalue weighted by Gasteiger charge is -2.18. The molecule has 1 rings (SSSR count). The highest BCUT2D eigenvalue weighted by Gasteiger charge is 2.22. The summed E-state index contributed by atoms with van der Waals surface area (Å²) in [7, 11) is 0. The van der Waals surface area contributed by atoms with Gasteiger partial charge in [-0.15, -0.1) is 0 Å². The molecule has 0 aliphatic rings. The lowest BCUT2D eigenvalue weighted by Crippen LogP contribution is -2.28. The number of halogens is 1. The van der Waals surface area contributed by atoms with Gasteiger partial charge in [0.15, 0.2) is 0 Å². The number of hydrogen-bond donors (Lipinski definition) is 4. The summed E-state index contributed by atoms with van der Waals surface area (Å²) in [6.07, 6.45) is -1.01. The number of aromatic nitrogens is 2. The monoisotopic (exact) mass is 274 g/mol. The molecular formula is C10H15ClN4O3. The van der Waals surface area contributed by atoms with E-state index in [0.29, 0.717) is 0 Å². The molecule has 18 heavy (non-hydrogen) atoms. The third-order valence-corrected chi connectivity index (χ3v) is 2.44. The van der Waals surface area contributed by atoms with Crippen LogP contribution in [-0.4, -0.2) is 38.7 Å². The van der Waals surface area contributed by atoms with Crippen molar-refractivity contribution in [1.82, 2.24) is 15.3 Å². The van der Waals surface area contributed by atoms with Crippen LogP contribution in [0.3, 0.4) is 0 Å². The summed E-state index contributed by atoms with van der Waals surface area (Å²) in [6, 6.07) is 0. The Bertz CT molecular complexity index is 430. The van der Waals surface area contributed by atoms with E-state index in [1.807, 2.05) is 0 Å². The lowest BCUT2D eigenvalue weighted by molar-refractivity contribution is -0.119. The van der Waals surface area contributed by atoms with E-state index in [9.17, 15) is 15.0 Å². The molecule has 0 radical (unpaired) electrons. The fraction of sp³-hybridized carbons (Fsp3) is 0.500. The number of nitrogens with one attached hydrogen (secondary N) is 1. The molecule has 1 heterocycles. The topological polar surface area (TPSA) is 121 Å². The lowest BCUT2D eigenvalue weighted by atomic mass is 10.1. The quantitative estimate of drug-likeness (QED) is 0.581. The average molecular weight is 275 g/mol. The number of aliphatic hydroxyl groups is 2. The smallest absolute Gasteiger partial charge is 0.216 e. The fourth-order valence-electron chi connectivity index (χ4n) is 1.34. The molecule has 100 valence electrons. The van der Waals surface area contributed by atoms with Crippen LogP contribution in [0.15, 0.2) is 6.20 Å². The summed E-state index contributed by atoms with van der Waals surface area (Å²) in [5.41, 5.74) is 5.56. The molecule has 0 aliphatic carbocycles. The van der Waals surface area contributed by atoms with Gasteiger partial charge >= 0.3 is 0 Å². The van der Waals surface area contributed by atoms with Crippen LogP contribution >= 0.6 is 11.6 Å². The molecule has 7 nitrogen and oxygen atoms in total. The Balaban J connectivity index is 2.64. The predicted molar refractivity (Wildman–Crippen MR) is 65.7 cm³/mol. The SMILES string of the molecule is CC(=O)NCCC(O)C(O)c1nc(Cl)cnc1N. The van der Waals surface area contributed by atoms with Gasteiger partial charge in [0.1, 0.15) is 22.8 Å². The third-order valence-electron chi connectivity index (χ3n) is 2.26. The first-order chi connectivity index (χ1) is 8.41. The summed E-state index contributed by atoms with van der Waals surface area (Å²) in [6.45, 7) is 1.60. The minimum atomic E-state index is -1.30. The maximum absolute atomic E-state index is 10.6. The average Bonchev–Trinajstić information content (AvgIpc) is 2.30. The van der Waals surface area contributed by atoms with Crippen molar-refractivity contribution >= 4 is 23.3 Å². The van der Waals surface area contributed by atoms with Gasteiger partial charge < -0.3 is 21.3 Å². The predicted octanol–water partition coefficient (Wildman–Crippen LogP) is -0.367. The molecule has 1 aromatic heterocycles. The highest BCUT2D eigenvalue weighted by molar-refractivity contribution is 6.29. The van der Waals surface area contributed by atoms with Gasteiger partial charge in [-0.3, -0.25) is 4.79 Å². The van der Waals surface area contributed by atoms with Crippen molar-refractivity contribution in [3.8, 4) is 0 Å². The van der Waals surface area contributed by atoms with Gasteiger partial charge in [-0.2, -0.15) is 0 Å². The zero-order chi connectivity index (χ0) is 13.7. The molecule has 1 aromatic rings. The third kappa shape index (κ3) is 4.10. The molecule has 2 atom stereocenters. The number of amides is 1. The van der Waals surface area contributed by atoms with Gasteiger partial charge in [-0.1, -0.05) is 11.6 Å². The first-order valence-corrected chi connectivity index (χ1v) is 5.68. The van der Waals surface area contributed by atoms with E-state index in [-0.39, 0.29) is 35.5 Å². The van der Waals surface area contributed by atoms with Crippen molar-refractivity contribution in [3.63, 3.8) is 0 Å². The van der Waals surface area contributed by atoms with Gasteiger partial charge in [0.05, 0.1) is 12.3 Å². The molecule has 2 unspecified atom stereocenters. The zero-order valence-electron chi connectivity index (χ0n) is 9.80. The maximum atomic E-state index is 10.6. The van der Waals surface area contributed by atoms with Crippen LogP contribution in [0.2, 0.25) is 5.15 Å². The van der Waals surface area contributed by atoms with Crippen LogP contribution in [0.4, 0.5) is 5.82 Å². The van der Waals surface area contributed by atoms with Crippen molar-refractivity contribution in [2.75, 3.05) is 12.3 Å². The van der Waals surface area contributed by atoms with E-state index < -0.39 is 12.2 Å². The Hall–Kier alpha value is -1.44. The van der Waals surface area contributed by atoms with Gasteiger partial charge in [-0.25, -0.2) is 9.97 Å². The molecule has 8 heteroatoms. The summed E-state index contributed by atoms with van der Waals surface area (Å²) in [5.74, 6) is -0.204. The first kappa shape index (κ1) is 14.6. The van der Waals surface area contributed by atoms with Crippen molar-refractivity contribution in [3.05, 3.63) is 17.0 Å². The van der Waals surface area contributed by atoms with Crippen molar-refractivity contribution < 1.29 is 15.0 Å². The largest absolute Gasteiger partial charge is 0.390 e. The normalized spacial score (nSPS) is 14.0. The van der Waals surface area contributed by atoms with Crippen molar-refractivity contribution in [2.45, 2.75) is 25.6 Å². The van der Waals surface area contributed by atoms with E-state index in [4.69, 9.17) is 17.3 Å². The molecular weight excluding hydrogens is 260 g/mol. The first-order valence-electron chi connectivity index (χ1n) is 5.30. The van der Waals surface area contributed by atoms with Crippen LogP contribution in [0.1, 0.15) is 25.1 Å². The maximum Gasteiger partial charge on any atom is 0.216 e. The number of carbonyl (C=O) groups excluding carboxylic acids is 1. The minimum Gasteiger partial charge on any atom is -0.390 e. The fourth-order valence-corrected chi connectivity index (χ4v) is 1.48. The minimum absolute atomic E-state index is 0.00507. The molecule has 0 bridgehead atoms. The summed E-state index contributed by atoms with van der Waals surface area (Å²) < 4.78 is 0. The number of aliphatic hydroxyl groups excluding tert-OH is 2. The molecule has 0 fully saturated rings. The Morgan fingerprint density at radius 2 is 2.28 bits per heavy atom. The number of rotatable bonds is 5. The van der Waals surface area contributed by atoms with Crippen molar-refractivity contribution in [2.24, 2.45) is 0 Å². The number of carbonyl (C=O) groups is 1. The van der Waals surface area contributed by atoms with E-state index in [1.165, 1.54) is 13.1 Å². The molecule has 1 amide bonds. The molecule has 0 saturated carbocycles. The highest BCUT2D eigenvalue weighted by atomic mass is 35.5. The van der Waals surface area contributed by atoms with Crippen molar-refractivity contribution in [1.29, 1.82) is 0 Å².